The molecule has 1 saturated carbocycles. The Morgan fingerprint density at radius 3 is 2.71 bits per heavy atom. The van der Waals surface area contributed by atoms with Gasteiger partial charge in [0.25, 0.3) is 0 Å². The third-order valence-corrected chi connectivity index (χ3v) is 5.11. The summed E-state index contributed by atoms with van der Waals surface area (Å²) >= 11 is 0. The molecule has 3 atom stereocenters. The Morgan fingerprint density at radius 1 is 1.29 bits per heavy atom. The largest absolute Gasteiger partial charge is 0.379 e. The molecule has 2 saturated heterocycles. The summed E-state index contributed by atoms with van der Waals surface area (Å²) in [5.41, 5.74) is 0. The number of hydrogen-bond donors (Lipinski definition) is 1. The van der Waals surface area contributed by atoms with Gasteiger partial charge in [-0.25, -0.2) is 0 Å². The molecular weight excluding hydrogens is 264 g/mol. The van der Waals surface area contributed by atoms with Crippen LogP contribution in [0.2, 0.25) is 0 Å². The molecule has 3 unspecified atom stereocenters. The highest BCUT2D eigenvalue weighted by molar-refractivity contribution is 5.80. The molecule has 0 amide bonds. The summed E-state index contributed by atoms with van der Waals surface area (Å²) in [5.74, 6) is 2.85. The Balaban J connectivity index is 1.53. The molecule has 0 aromatic carbocycles. The molecule has 120 valence electrons. The minimum atomic E-state index is 0.678. The molecule has 0 bridgehead atoms. The van der Waals surface area contributed by atoms with Gasteiger partial charge in [-0.1, -0.05) is 6.92 Å². The van der Waals surface area contributed by atoms with E-state index < -0.39 is 0 Å². The molecule has 21 heavy (non-hydrogen) atoms. The summed E-state index contributed by atoms with van der Waals surface area (Å²) < 4.78 is 5.46. The Morgan fingerprint density at radius 2 is 2.05 bits per heavy atom. The molecular formula is C16H30N4O. The molecule has 5 nitrogen and oxygen atoms in total. The molecule has 0 spiro atoms. The maximum atomic E-state index is 5.46. The Bertz CT molecular complexity index is 367. The Kier molecular flexibility index (Phi) is 5.01. The smallest absolute Gasteiger partial charge is 0.193 e. The Labute approximate surface area is 128 Å². The van der Waals surface area contributed by atoms with E-state index in [4.69, 9.17) is 9.73 Å². The Hall–Kier alpha value is -0.810. The lowest BCUT2D eigenvalue weighted by molar-refractivity contribution is 0.0195. The highest BCUT2D eigenvalue weighted by Gasteiger charge is 2.33. The van der Waals surface area contributed by atoms with E-state index in [2.05, 4.69) is 29.0 Å². The van der Waals surface area contributed by atoms with Gasteiger partial charge < -0.3 is 15.0 Å². The molecule has 3 rings (SSSR count). The first-order valence-electron chi connectivity index (χ1n) is 8.63. The van der Waals surface area contributed by atoms with Crippen LogP contribution in [-0.2, 0) is 4.74 Å². The lowest BCUT2D eigenvalue weighted by Gasteiger charge is -2.32. The van der Waals surface area contributed by atoms with Gasteiger partial charge in [0.1, 0.15) is 0 Å². The zero-order chi connectivity index (χ0) is 14.7. The van der Waals surface area contributed by atoms with Crippen molar-refractivity contribution in [1.29, 1.82) is 0 Å². The zero-order valence-corrected chi connectivity index (χ0v) is 13.6. The summed E-state index contributed by atoms with van der Waals surface area (Å²) in [4.78, 5) is 9.92. The second-order valence-electron chi connectivity index (χ2n) is 6.70. The lowest BCUT2D eigenvalue weighted by atomic mass is 10.2. The predicted octanol–water partition coefficient (Wildman–Crippen LogP) is 1.01. The number of nitrogens with zero attached hydrogens (tertiary/aromatic N) is 3. The van der Waals surface area contributed by atoms with Crippen LogP contribution in [-0.4, -0.2) is 74.3 Å². The minimum absolute atomic E-state index is 0.678. The van der Waals surface area contributed by atoms with Crippen molar-refractivity contribution in [3.05, 3.63) is 0 Å². The van der Waals surface area contributed by atoms with Crippen LogP contribution < -0.4 is 5.32 Å². The average Bonchev–Trinajstić information content (AvgIpc) is 3.02. The molecule has 1 aliphatic carbocycles. The SMILES string of the molecule is CCNC(=NCC1CC1C)N1CCC(N2CCOCC2)C1. The highest BCUT2D eigenvalue weighted by Crippen LogP contribution is 2.37. The van der Waals surface area contributed by atoms with Crippen molar-refractivity contribution >= 4 is 5.96 Å². The van der Waals surface area contributed by atoms with Gasteiger partial charge in [-0.05, 0) is 31.6 Å². The number of hydrogen-bond acceptors (Lipinski definition) is 3. The third kappa shape index (κ3) is 3.89. The van der Waals surface area contributed by atoms with Crippen LogP contribution in [0.1, 0.15) is 26.7 Å². The average molecular weight is 294 g/mol. The van der Waals surface area contributed by atoms with Crippen LogP contribution in [0.4, 0.5) is 0 Å². The molecule has 3 aliphatic rings. The van der Waals surface area contributed by atoms with Gasteiger partial charge in [0.15, 0.2) is 5.96 Å². The summed E-state index contributed by atoms with van der Waals surface area (Å²) in [6, 6.07) is 0.678. The first kappa shape index (κ1) is 15.1. The number of aliphatic imine (C=N–C) groups is 1. The zero-order valence-electron chi connectivity index (χ0n) is 13.6. The van der Waals surface area contributed by atoms with E-state index in [9.17, 15) is 0 Å². The number of likely N-dealkylation sites (tertiary alicyclic amines) is 1. The molecule has 2 heterocycles. The topological polar surface area (TPSA) is 40.1 Å². The van der Waals surface area contributed by atoms with Gasteiger partial charge in [0.2, 0.25) is 0 Å². The van der Waals surface area contributed by atoms with E-state index in [1.165, 1.54) is 12.8 Å². The summed E-state index contributed by atoms with van der Waals surface area (Å²) in [6.45, 7) is 12.7. The summed E-state index contributed by atoms with van der Waals surface area (Å²) in [5, 5.41) is 3.48. The van der Waals surface area contributed by atoms with Gasteiger partial charge in [0, 0.05) is 45.3 Å². The van der Waals surface area contributed by atoms with Crippen molar-refractivity contribution in [3.8, 4) is 0 Å². The number of guanidine groups is 1. The maximum Gasteiger partial charge on any atom is 0.193 e. The molecule has 0 aromatic rings. The monoisotopic (exact) mass is 294 g/mol. The molecule has 5 heteroatoms. The fraction of sp³-hybridized carbons (Fsp3) is 0.938. The number of ether oxygens (including phenoxy) is 1. The number of nitrogens with one attached hydrogen (secondary N) is 1. The van der Waals surface area contributed by atoms with E-state index in [0.717, 1.165) is 70.3 Å². The first-order valence-corrected chi connectivity index (χ1v) is 8.63. The van der Waals surface area contributed by atoms with E-state index in [-0.39, 0.29) is 0 Å². The fourth-order valence-electron chi connectivity index (χ4n) is 3.46. The summed E-state index contributed by atoms with van der Waals surface area (Å²) in [7, 11) is 0. The van der Waals surface area contributed by atoms with Crippen LogP contribution in [0, 0.1) is 11.8 Å². The fourth-order valence-corrected chi connectivity index (χ4v) is 3.46. The van der Waals surface area contributed by atoms with Crippen LogP contribution in [0.3, 0.4) is 0 Å². The van der Waals surface area contributed by atoms with Crippen molar-refractivity contribution in [1.82, 2.24) is 15.1 Å². The minimum Gasteiger partial charge on any atom is -0.379 e. The molecule has 0 radical (unpaired) electrons. The summed E-state index contributed by atoms with van der Waals surface area (Å²) in [6.07, 6.45) is 2.61. The van der Waals surface area contributed by atoms with E-state index >= 15 is 0 Å². The van der Waals surface area contributed by atoms with Crippen molar-refractivity contribution in [2.75, 3.05) is 52.5 Å². The second kappa shape index (κ2) is 6.97. The van der Waals surface area contributed by atoms with E-state index in [0.29, 0.717) is 6.04 Å². The number of morpholine rings is 1. The van der Waals surface area contributed by atoms with Crippen molar-refractivity contribution in [2.45, 2.75) is 32.7 Å². The van der Waals surface area contributed by atoms with Crippen LogP contribution >= 0.6 is 0 Å². The van der Waals surface area contributed by atoms with Crippen molar-refractivity contribution < 1.29 is 4.74 Å². The van der Waals surface area contributed by atoms with Gasteiger partial charge in [-0.3, -0.25) is 9.89 Å². The van der Waals surface area contributed by atoms with Crippen molar-refractivity contribution in [2.24, 2.45) is 16.8 Å². The van der Waals surface area contributed by atoms with Gasteiger partial charge >= 0.3 is 0 Å². The molecule has 0 aromatic heterocycles. The van der Waals surface area contributed by atoms with Gasteiger partial charge in [0.05, 0.1) is 13.2 Å². The van der Waals surface area contributed by atoms with Gasteiger partial charge in [-0.15, -0.1) is 0 Å². The van der Waals surface area contributed by atoms with Crippen LogP contribution in [0.5, 0.6) is 0 Å². The highest BCUT2D eigenvalue weighted by atomic mass is 16.5. The van der Waals surface area contributed by atoms with Crippen LogP contribution in [0.15, 0.2) is 4.99 Å². The normalized spacial score (nSPS) is 34.3. The second-order valence-corrected chi connectivity index (χ2v) is 6.70. The maximum absolute atomic E-state index is 5.46. The van der Waals surface area contributed by atoms with Crippen LogP contribution in [0.25, 0.3) is 0 Å². The van der Waals surface area contributed by atoms with Crippen molar-refractivity contribution in [3.63, 3.8) is 0 Å². The predicted molar refractivity (Wildman–Crippen MR) is 85.6 cm³/mol. The third-order valence-electron chi connectivity index (χ3n) is 5.11. The quantitative estimate of drug-likeness (QED) is 0.621. The lowest BCUT2D eigenvalue weighted by Crippen LogP contribution is -2.46. The molecule has 1 N–H and O–H groups in total. The molecule has 3 fully saturated rings. The standard InChI is InChI=1S/C16H30N4O/c1-3-17-16(18-11-14-10-13(14)2)20-5-4-15(12-20)19-6-8-21-9-7-19/h13-15H,3-12H2,1-2H3,(H,17,18). The van der Waals surface area contributed by atoms with E-state index in [1.54, 1.807) is 0 Å². The number of rotatable bonds is 4. The van der Waals surface area contributed by atoms with Gasteiger partial charge in [-0.2, -0.15) is 0 Å². The first-order chi connectivity index (χ1) is 10.3. The molecule has 2 aliphatic heterocycles. The van der Waals surface area contributed by atoms with E-state index in [1.807, 2.05) is 0 Å².